The van der Waals surface area contributed by atoms with Gasteiger partial charge in [0.1, 0.15) is 0 Å². The van der Waals surface area contributed by atoms with Gasteiger partial charge in [-0.05, 0) is 23.7 Å². The molecule has 0 heterocycles. The molecular weight excluding hydrogens is 234 g/mol. The van der Waals surface area contributed by atoms with Crippen LogP contribution in [0.3, 0.4) is 0 Å². The number of hydrogen-bond acceptors (Lipinski definition) is 2. The van der Waals surface area contributed by atoms with Crippen molar-refractivity contribution in [2.45, 2.75) is 0 Å². The molecule has 0 bridgehead atoms. The third kappa shape index (κ3) is 2.27. The maximum absolute atomic E-state index is 10.8. The number of ether oxygens (including phenoxy) is 1. The predicted octanol–water partition coefficient (Wildman–Crippen LogP) is 3.38. The first-order valence-corrected chi connectivity index (χ1v) is 4.42. The Bertz CT molecular complexity index is 326. The van der Waals surface area contributed by atoms with Gasteiger partial charge in [0.25, 0.3) is 5.24 Å². The predicted molar refractivity (Wildman–Crippen MR) is 53.2 cm³/mol. The van der Waals surface area contributed by atoms with E-state index in [9.17, 15) is 4.79 Å². The van der Waals surface area contributed by atoms with Gasteiger partial charge in [-0.1, -0.05) is 23.2 Å². The molecule has 0 aliphatic rings. The highest BCUT2D eigenvalue weighted by Gasteiger charge is 2.11. The third-order valence-corrected chi connectivity index (χ3v) is 2.21. The highest BCUT2D eigenvalue weighted by molar-refractivity contribution is 6.68. The summed E-state index contributed by atoms with van der Waals surface area (Å²) in [6, 6.07) is 2.81. The number of benzene rings is 1. The second kappa shape index (κ2) is 4.18. The normalized spacial score (nSPS) is 9.85. The summed E-state index contributed by atoms with van der Waals surface area (Å²) < 4.78 is 4.89. The van der Waals surface area contributed by atoms with E-state index in [0.29, 0.717) is 5.75 Å². The number of carbonyl (C=O) groups excluding carboxylic acids is 1. The summed E-state index contributed by atoms with van der Waals surface area (Å²) in [6.45, 7) is 0. The number of carbonyl (C=O) groups is 1. The molecule has 0 fully saturated rings. The number of halogens is 3. The molecule has 0 aromatic heterocycles. The molecule has 0 saturated carbocycles. The van der Waals surface area contributed by atoms with Crippen LogP contribution in [0.25, 0.3) is 0 Å². The maximum Gasteiger partial charge on any atom is 0.252 e. The van der Waals surface area contributed by atoms with Crippen molar-refractivity contribution in [1.29, 1.82) is 0 Å². The molecule has 0 amide bonds. The van der Waals surface area contributed by atoms with Crippen molar-refractivity contribution in [2.75, 3.05) is 7.11 Å². The Morgan fingerprint density at radius 2 is 1.77 bits per heavy atom. The Morgan fingerprint density at radius 1 is 1.31 bits per heavy atom. The fraction of sp³-hybridized carbons (Fsp3) is 0.125. The molecule has 0 unspecified atom stereocenters. The monoisotopic (exact) mass is 238 g/mol. The Balaban J connectivity index is 3.28. The first kappa shape index (κ1) is 10.6. The molecule has 1 rings (SSSR count). The molecule has 0 N–H and O–H groups in total. The van der Waals surface area contributed by atoms with Crippen LogP contribution >= 0.6 is 34.8 Å². The highest BCUT2D eigenvalue weighted by Crippen LogP contribution is 2.34. The van der Waals surface area contributed by atoms with Gasteiger partial charge in [0, 0.05) is 5.56 Å². The second-order valence-corrected chi connectivity index (χ2v) is 3.40. The number of methoxy groups -OCH3 is 1. The van der Waals surface area contributed by atoms with Gasteiger partial charge in [-0.15, -0.1) is 0 Å². The SMILES string of the molecule is COc1c(Cl)cc(C(=O)Cl)cc1Cl. The molecule has 2 nitrogen and oxygen atoms in total. The fourth-order valence-electron chi connectivity index (χ4n) is 0.868. The molecule has 0 spiro atoms. The molecule has 70 valence electrons. The smallest absolute Gasteiger partial charge is 0.252 e. The summed E-state index contributed by atoms with van der Waals surface area (Å²) >= 11 is 16.8. The third-order valence-electron chi connectivity index (χ3n) is 1.43. The quantitative estimate of drug-likeness (QED) is 0.740. The summed E-state index contributed by atoms with van der Waals surface area (Å²) in [5, 5.41) is -0.0792. The molecule has 5 heteroatoms. The minimum absolute atomic E-state index is 0.248. The molecule has 1 aromatic rings. The Kier molecular flexibility index (Phi) is 3.42. The Morgan fingerprint density at radius 3 is 2.08 bits per heavy atom. The zero-order chi connectivity index (χ0) is 10.0. The molecule has 0 saturated heterocycles. The van der Waals surface area contributed by atoms with Gasteiger partial charge in [-0.3, -0.25) is 4.79 Å². The highest BCUT2D eigenvalue weighted by atomic mass is 35.5. The second-order valence-electron chi connectivity index (χ2n) is 2.25. The molecule has 0 aliphatic carbocycles. The summed E-state index contributed by atoms with van der Waals surface area (Å²) in [4.78, 5) is 10.8. The van der Waals surface area contributed by atoms with Gasteiger partial charge in [-0.25, -0.2) is 0 Å². The van der Waals surface area contributed by atoms with Crippen LogP contribution in [0.1, 0.15) is 10.4 Å². The summed E-state index contributed by atoms with van der Waals surface area (Å²) in [5.74, 6) is 0.338. The van der Waals surface area contributed by atoms with Gasteiger partial charge in [-0.2, -0.15) is 0 Å². The fourth-order valence-corrected chi connectivity index (χ4v) is 1.62. The van der Waals surface area contributed by atoms with Crippen molar-refractivity contribution in [3.8, 4) is 5.75 Å². The van der Waals surface area contributed by atoms with E-state index in [1.54, 1.807) is 0 Å². The number of rotatable bonds is 2. The largest absolute Gasteiger partial charge is 0.494 e. The van der Waals surface area contributed by atoms with Crippen LogP contribution in [-0.2, 0) is 0 Å². The lowest BCUT2D eigenvalue weighted by Gasteiger charge is -2.05. The van der Waals surface area contributed by atoms with Gasteiger partial charge in [0.05, 0.1) is 17.2 Å². The molecule has 0 radical (unpaired) electrons. The Labute approximate surface area is 90.3 Å². The minimum Gasteiger partial charge on any atom is -0.494 e. The van der Waals surface area contributed by atoms with Crippen LogP contribution in [0.4, 0.5) is 0 Å². The lowest BCUT2D eigenvalue weighted by atomic mass is 10.2. The zero-order valence-electron chi connectivity index (χ0n) is 6.61. The average molecular weight is 239 g/mol. The van der Waals surface area contributed by atoms with E-state index in [1.165, 1.54) is 19.2 Å². The average Bonchev–Trinajstić information content (AvgIpc) is 2.03. The van der Waals surface area contributed by atoms with Gasteiger partial charge in [0.2, 0.25) is 0 Å². The lowest BCUT2D eigenvalue weighted by Crippen LogP contribution is -1.92. The van der Waals surface area contributed by atoms with Crippen molar-refractivity contribution >= 4 is 40.0 Å². The van der Waals surface area contributed by atoms with Crippen molar-refractivity contribution in [1.82, 2.24) is 0 Å². The van der Waals surface area contributed by atoms with E-state index in [4.69, 9.17) is 39.5 Å². The lowest BCUT2D eigenvalue weighted by molar-refractivity contribution is 0.108. The number of hydrogen-bond donors (Lipinski definition) is 0. The van der Waals surface area contributed by atoms with Crippen LogP contribution in [0, 0.1) is 0 Å². The van der Waals surface area contributed by atoms with Gasteiger partial charge >= 0.3 is 0 Å². The van der Waals surface area contributed by atoms with Gasteiger partial charge < -0.3 is 4.74 Å². The zero-order valence-corrected chi connectivity index (χ0v) is 8.87. The van der Waals surface area contributed by atoms with Crippen LogP contribution in [-0.4, -0.2) is 12.4 Å². The topological polar surface area (TPSA) is 26.3 Å². The summed E-state index contributed by atoms with van der Waals surface area (Å²) in [6.07, 6.45) is 0. The van der Waals surface area contributed by atoms with Crippen LogP contribution in [0.2, 0.25) is 10.0 Å². The molecular formula is C8H5Cl3O2. The van der Waals surface area contributed by atoms with E-state index < -0.39 is 5.24 Å². The van der Waals surface area contributed by atoms with Crippen LogP contribution < -0.4 is 4.74 Å². The van der Waals surface area contributed by atoms with E-state index in [-0.39, 0.29) is 15.6 Å². The van der Waals surface area contributed by atoms with E-state index in [1.807, 2.05) is 0 Å². The summed E-state index contributed by atoms with van der Waals surface area (Å²) in [7, 11) is 1.44. The van der Waals surface area contributed by atoms with Crippen molar-refractivity contribution in [3.63, 3.8) is 0 Å². The van der Waals surface area contributed by atoms with Crippen LogP contribution in [0.15, 0.2) is 12.1 Å². The van der Waals surface area contributed by atoms with Crippen molar-refractivity contribution in [3.05, 3.63) is 27.7 Å². The first-order valence-electron chi connectivity index (χ1n) is 3.29. The minimum atomic E-state index is -0.605. The standard InChI is InChI=1S/C8H5Cl3O2/c1-13-7-5(9)2-4(8(11)12)3-6(7)10/h2-3H,1H3. The Hall–Kier alpha value is -0.440. The van der Waals surface area contributed by atoms with Crippen molar-refractivity contribution < 1.29 is 9.53 Å². The first-order chi connectivity index (χ1) is 6.06. The van der Waals surface area contributed by atoms with E-state index in [0.717, 1.165) is 0 Å². The maximum atomic E-state index is 10.8. The summed E-state index contributed by atoms with van der Waals surface area (Å²) in [5.41, 5.74) is 0.248. The van der Waals surface area contributed by atoms with Gasteiger partial charge in [0.15, 0.2) is 5.75 Å². The van der Waals surface area contributed by atoms with Crippen molar-refractivity contribution in [2.24, 2.45) is 0 Å². The van der Waals surface area contributed by atoms with Crippen LogP contribution in [0.5, 0.6) is 5.75 Å². The van der Waals surface area contributed by atoms with E-state index in [2.05, 4.69) is 0 Å². The molecule has 0 aliphatic heterocycles. The molecule has 0 atom stereocenters. The van der Waals surface area contributed by atoms with E-state index >= 15 is 0 Å². The molecule has 13 heavy (non-hydrogen) atoms. The molecule has 1 aromatic carbocycles.